The van der Waals surface area contributed by atoms with Crippen molar-refractivity contribution in [3.63, 3.8) is 0 Å². The van der Waals surface area contributed by atoms with Gasteiger partial charge in [-0.1, -0.05) is 0 Å². The first-order valence-electron chi connectivity index (χ1n) is 4.29. The maximum Gasteiger partial charge on any atom is 0.281 e. The fourth-order valence-electron chi connectivity index (χ4n) is 0.938. The zero-order chi connectivity index (χ0) is 11.4. The summed E-state index contributed by atoms with van der Waals surface area (Å²) in [5.74, 6) is 0. The van der Waals surface area contributed by atoms with Crippen LogP contribution in [0.1, 0.15) is 6.92 Å². The minimum atomic E-state index is -3.55. The minimum absolute atomic E-state index is 0.00852. The van der Waals surface area contributed by atoms with E-state index in [1.165, 1.54) is 21.0 Å². The fourth-order valence-corrected chi connectivity index (χ4v) is 2.12. The molecule has 0 aliphatic carbocycles. The maximum atomic E-state index is 11.6. The quantitative estimate of drug-likeness (QED) is 0.575. The lowest BCUT2D eigenvalue weighted by atomic mass is 10.4. The van der Waals surface area contributed by atoms with E-state index in [1.54, 1.807) is 0 Å². The average molecular weight is 226 g/mol. The van der Waals surface area contributed by atoms with Crippen molar-refractivity contribution in [3.05, 3.63) is 0 Å². The molecule has 86 valence electrons. The van der Waals surface area contributed by atoms with E-state index in [2.05, 4.69) is 0 Å². The molecule has 0 saturated carbocycles. The van der Waals surface area contributed by atoms with Crippen LogP contribution in [-0.4, -0.2) is 67.1 Å². The first-order chi connectivity index (χ1) is 6.32. The molecule has 2 N–H and O–H groups in total. The van der Waals surface area contributed by atoms with Gasteiger partial charge in [0.25, 0.3) is 10.2 Å². The Morgan fingerprint density at radius 1 is 1.36 bits per heavy atom. The van der Waals surface area contributed by atoms with Crippen molar-refractivity contribution in [2.24, 2.45) is 0 Å². The van der Waals surface area contributed by atoms with Gasteiger partial charge in [-0.3, -0.25) is 0 Å². The van der Waals surface area contributed by atoms with Crippen LogP contribution in [0.2, 0.25) is 0 Å². The number of rotatable bonds is 6. The third-order valence-electron chi connectivity index (χ3n) is 1.60. The molecule has 0 heterocycles. The summed E-state index contributed by atoms with van der Waals surface area (Å²) in [6, 6.07) is 0. The monoisotopic (exact) mass is 226 g/mol. The molecule has 0 aliphatic heterocycles. The van der Waals surface area contributed by atoms with Crippen LogP contribution < -0.4 is 0 Å². The molecule has 0 aliphatic rings. The summed E-state index contributed by atoms with van der Waals surface area (Å²) >= 11 is 0. The second-order valence-corrected chi connectivity index (χ2v) is 5.36. The molecule has 0 aromatic heterocycles. The van der Waals surface area contributed by atoms with Gasteiger partial charge in [0.15, 0.2) is 0 Å². The van der Waals surface area contributed by atoms with Gasteiger partial charge in [0.1, 0.15) is 0 Å². The first kappa shape index (κ1) is 13.8. The molecule has 0 fully saturated rings. The summed E-state index contributed by atoms with van der Waals surface area (Å²) in [5, 5.41) is 17.8. The second-order valence-electron chi connectivity index (χ2n) is 3.22. The van der Waals surface area contributed by atoms with Gasteiger partial charge >= 0.3 is 0 Å². The fraction of sp³-hybridized carbons (Fsp3) is 1.00. The maximum absolute atomic E-state index is 11.6. The highest BCUT2D eigenvalue weighted by atomic mass is 32.2. The van der Waals surface area contributed by atoms with E-state index in [4.69, 9.17) is 10.2 Å². The lowest BCUT2D eigenvalue weighted by Crippen LogP contribution is -2.44. The Kier molecular flexibility index (Phi) is 5.53. The van der Waals surface area contributed by atoms with Gasteiger partial charge in [-0.2, -0.15) is 17.0 Å². The van der Waals surface area contributed by atoms with Crippen LogP contribution in [0.5, 0.6) is 0 Å². The standard InChI is InChI=1S/C7H18N2O4S/c1-7(11)6-9(4-5-10)14(12,13)8(2)3/h7,10-11H,4-6H2,1-3H3. The number of aliphatic hydroxyl groups is 2. The molecule has 0 rings (SSSR count). The summed E-state index contributed by atoms with van der Waals surface area (Å²) in [6.07, 6.45) is -0.753. The van der Waals surface area contributed by atoms with Crippen LogP contribution in [0.15, 0.2) is 0 Å². The number of hydrogen-bond acceptors (Lipinski definition) is 4. The first-order valence-corrected chi connectivity index (χ1v) is 5.68. The molecule has 0 bridgehead atoms. The zero-order valence-electron chi connectivity index (χ0n) is 8.71. The zero-order valence-corrected chi connectivity index (χ0v) is 9.53. The van der Waals surface area contributed by atoms with Crippen LogP contribution in [0.3, 0.4) is 0 Å². The average Bonchev–Trinajstić information content (AvgIpc) is 2.02. The molecule has 0 aromatic carbocycles. The van der Waals surface area contributed by atoms with Gasteiger partial charge in [-0.25, -0.2) is 0 Å². The molecule has 0 radical (unpaired) electrons. The molecule has 0 saturated heterocycles. The highest BCUT2D eigenvalue weighted by Crippen LogP contribution is 2.04. The van der Waals surface area contributed by atoms with Crippen molar-refractivity contribution >= 4 is 10.2 Å². The lowest BCUT2D eigenvalue weighted by Gasteiger charge is -2.25. The van der Waals surface area contributed by atoms with E-state index >= 15 is 0 Å². The van der Waals surface area contributed by atoms with Crippen LogP contribution in [0.4, 0.5) is 0 Å². The van der Waals surface area contributed by atoms with Crippen LogP contribution in [-0.2, 0) is 10.2 Å². The number of hydrogen-bond donors (Lipinski definition) is 2. The molecule has 6 nitrogen and oxygen atoms in total. The van der Waals surface area contributed by atoms with E-state index in [1.807, 2.05) is 0 Å². The Balaban J connectivity index is 4.64. The number of nitrogens with zero attached hydrogens (tertiary/aromatic N) is 2. The topological polar surface area (TPSA) is 81.1 Å². The van der Waals surface area contributed by atoms with E-state index in [0.717, 1.165) is 8.61 Å². The van der Waals surface area contributed by atoms with Crippen LogP contribution >= 0.6 is 0 Å². The van der Waals surface area contributed by atoms with Crippen molar-refractivity contribution in [1.82, 2.24) is 8.61 Å². The Morgan fingerprint density at radius 2 is 1.86 bits per heavy atom. The van der Waals surface area contributed by atoms with Crippen molar-refractivity contribution in [1.29, 1.82) is 0 Å². The molecule has 7 heteroatoms. The third kappa shape index (κ3) is 3.89. The molecule has 1 unspecified atom stereocenters. The van der Waals surface area contributed by atoms with E-state index in [0.29, 0.717) is 0 Å². The predicted molar refractivity (Wildman–Crippen MR) is 52.9 cm³/mol. The molecule has 0 aromatic rings. The molecular weight excluding hydrogens is 208 g/mol. The second kappa shape index (κ2) is 5.62. The molecule has 1 atom stereocenters. The van der Waals surface area contributed by atoms with Crippen molar-refractivity contribution < 1.29 is 18.6 Å². The Bertz CT molecular complexity index is 250. The molecule has 0 spiro atoms. The molecule has 0 amide bonds. The van der Waals surface area contributed by atoms with E-state index < -0.39 is 16.3 Å². The van der Waals surface area contributed by atoms with Crippen molar-refractivity contribution in [3.8, 4) is 0 Å². The summed E-state index contributed by atoms with van der Waals surface area (Å²) < 4.78 is 25.3. The van der Waals surface area contributed by atoms with Crippen LogP contribution in [0, 0.1) is 0 Å². The van der Waals surface area contributed by atoms with Crippen LogP contribution in [0.25, 0.3) is 0 Å². The minimum Gasteiger partial charge on any atom is -0.395 e. The van der Waals surface area contributed by atoms with E-state index in [-0.39, 0.29) is 19.7 Å². The summed E-state index contributed by atoms with van der Waals surface area (Å²) in [5.41, 5.74) is 0. The van der Waals surface area contributed by atoms with Gasteiger partial charge < -0.3 is 10.2 Å². The number of aliphatic hydroxyl groups excluding tert-OH is 2. The highest BCUT2D eigenvalue weighted by molar-refractivity contribution is 7.86. The third-order valence-corrected chi connectivity index (χ3v) is 3.51. The van der Waals surface area contributed by atoms with Crippen molar-refractivity contribution in [2.75, 3.05) is 33.8 Å². The van der Waals surface area contributed by atoms with Gasteiger partial charge in [-0.15, -0.1) is 0 Å². The summed E-state index contributed by atoms with van der Waals surface area (Å²) in [4.78, 5) is 0. The summed E-state index contributed by atoms with van der Waals surface area (Å²) in [7, 11) is -0.741. The van der Waals surface area contributed by atoms with Gasteiger partial charge in [0.2, 0.25) is 0 Å². The van der Waals surface area contributed by atoms with Crippen molar-refractivity contribution in [2.45, 2.75) is 13.0 Å². The van der Waals surface area contributed by atoms with Gasteiger partial charge in [0.05, 0.1) is 12.7 Å². The largest absolute Gasteiger partial charge is 0.395 e. The Hall–Kier alpha value is -0.210. The predicted octanol–water partition coefficient (Wildman–Crippen LogP) is -1.53. The normalized spacial score (nSPS) is 15.1. The van der Waals surface area contributed by atoms with Gasteiger partial charge in [0, 0.05) is 27.2 Å². The molecule has 14 heavy (non-hydrogen) atoms. The van der Waals surface area contributed by atoms with E-state index in [9.17, 15) is 8.42 Å². The molecular formula is C7H18N2O4S. The Labute approximate surface area is 84.9 Å². The summed E-state index contributed by atoms with van der Waals surface area (Å²) in [6.45, 7) is 1.21. The lowest BCUT2D eigenvalue weighted by molar-refractivity contribution is 0.149. The SMILES string of the molecule is CC(O)CN(CCO)S(=O)(=O)N(C)C. The van der Waals surface area contributed by atoms with Gasteiger partial charge in [-0.05, 0) is 6.92 Å². The highest BCUT2D eigenvalue weighted by Gasteiger charge is 2.24. The smallest absolute Gasteiger partial charge is 0.281 e. The Morgan fingerprint density at radius 3 is 2.14 bits per heavy atom.